The van der Waals surface area contributed by atoms with Crippen LogP contribution in [0.1, 0.15) is 31.4 Å². The molecule has 0 amide bonds. The summed E-state index contributed by atoms with van der Waals surface area (Å²) in [6.07, 6.45) is 1.67. The molecule has 22 heavy (non-hydrogen) atoms. The zero-order chi connectivity index (χ0) is 15.7. The van der Waals surface area contributed by atoms with Gasteiger partial charge >= 0.3 is 0 Å². The van der Waals surface area contributed by atoms with Crippen molar-refractivity contribution in [3.8, 4) is 11.5 Å². The summed E-state index contributed by atoms with van der Waals surface area (Å²) >= 11 is 6.20. The fraction of sp³-hybridized carbons (Fsp3) is 0.400. The van der Waals surface area contributed by atoms with Crippen LogP contribution in [0.3, 0.4) is 0 Å². The number of oxazole rings is 1. The van der Waals surface area contributed by atoms with E-state index in [-0.39, 0.29) is 11.7 Å². The molecule has 0 unspecified atom stereocenters. The Labute approximate surface area is 136 Å². The van der Waals surface area contributed by atoms with Crippen LogP contribution in [-0.4, -0.2) is 22.4 Å². The molecule has 0 saturated carbocycles. The van der Waals surface area contributed by atoms with E-state index >= 15 is 0 Å². The van der Waals surface area contributed by atoms with Crippen molar-refractivity contribution in [2.45, 2.75) is 30.4 Å². The maximum absolute atomic E-state index is 12.5. The quantitative estimate of drug-likeness (QED) is 0.851. The smallest absolute Gasteiger partial charge is 0.207 e. The van der Waals surface area contributed by atoms with E-state index < -0.39 is 10.8 Å². The third-order valence-electron chi connectivity index (χ3n) is 3.24. The third kappa shape index (κ3) is 3.13. The largest absolute Gasteiger partial charge is 0.486 e. The number of benzene rings is 1. The van der Waals surface area contributed by atoms with Gasteiger partial charge < -0.3 is 13.9 Å². The first-order valence-corrected chi connectivity index (χ1v) is 8.66. The molecule has 118 valence electrons. The molecule has 1 aromatic heterocycles. The number of rotatable bonds is 4. The number of fused-ring (bicyclic) bond motifs is 1. The van der Waals surface area contributed by atoms with Crippen molar-refractivity contribution in [2.75, 3.05) is 13.2 Å². The monoisotopic (exact) mass is 341 g/mol. The van der Waals surface area contributed by atoms with E-state index in [9.17, 15) is 4.21 Å². The summed E-state index contributed by atoms with van der Waals surface area (Å²) in [5, 5.41) is 0.387. The Morgan fingerprint density at radius 1 is 1.27 bits per heavy atom. The van der Waals surface area contributed by atoms with Gasteiger partial charge in [-0.3, -0.25) is 4.21 Å². The van der Waals surface area contributed by atoms with Crippen molar-refractivity contribution in [2.24, 2.45) is 0 Å². The average molecular weight is 342 g/mol. The first kappa shape index (κ1) is 15.4. The molecule has 1 aliphatic rings. The maximum atomic E-state index is 12.5. The van der Waals surface area contributed by atoms with Gasteiger partial charge in [0.25, 0.3) is 0 Å². The minimum atomic E-state index is -1.37. The fourth-order valence-corrected chi connectivity index (χ4v) is 3.51. The van der Waals surface area contributed by atoms with Gasteiger partial charge in [0.15, 0.2) is 11.5 Å². The number of hydrogen-bond acceptors (Lipinski definition) is 5. The molecule has 2 aromatic rings. The molecule has 0 aliphatic carbocycles. The van der Waals surface area contributed by atoms with Gasteiger partial charge in [-0.15, -0.1) is 0 Å². The Morgan fingerprint density at radius 2 is 1.95 bits per heavy atom. The van der Waals surface area contributed by atoms with Crippen LogP contribution >= 0.6 is 11.6 Å². The topological polar surface area (TPSA) is 61.6 Å². The predicted molar refractivity (Wildman–Crippen MR) is 83.1 cm³/mol. The molecule has 0 saturated heterocycles. The summed E-state index contributed by atoms with van der Waals surface area (Å²) in [6.45, 7) is 4.98. The van der Waals surface area contributed by atoms with Gasteiger partial charge in [0.05, 0.1) is 26.9 Å². The molecular formula is C15H16ClNO4S. The van der Waals surface area contributed by atoms with Gasteiger partial charge in [0, 0.05) is 18.1 Å². The van der Waals surface area contributed by atoms with E-state index in [1.165, 1.54) is 0 Å². The molecule has 5 nitrogen and oxygen atoms in total. The van der Waals surface area contributed by atoms with Crippen LogP contribution in [0, 0.1) is 0 Å². The SMILES string of the molecule is CC(C)c1cnc(C[S@](=O)c2cc3c(cc2Cl)OCCO3)o1. The lowest BCUT2D eigenvalue weighted by atomic mass is 10.2. The Morgan fingerprint density at radius 3 is 2.59 bits per heavy atom. The van der Waals surface area contributed by atoms with Crippen molar-refractivity contribution >= 4 is 22.4 Å². The summed E-state index contributed by atoms with van der Waals surface area (Å²) in [5.41, 5.74) is 0. The van der Waals surface area contributed by atoms with Crippen molar-refractivity contribution in [1.29, 1.82) is 0 Å². The summed E-state index contributed by atoms with van der Waals surface area (Å²) in [5.74, 6) is 2.77. The maximum Gasteiger partial charge on any atom is 0.207 e. The molecule has 1 aliphatic heterocycles. The molecular weight excluding hydrogens is 326 g/mol. The number of halogens is 1. The number of hydrogen-bond donors (Lipinski definition) is 0. The summed E-state index contributed by atoms with van der Waals surface area (Å²) in [4.78, 5) is 4.66. The molecule has 1 aromatic carbocycles. The Hall–Kier alpha value is -1.53. The lowest BCUT2D eigenvalue weighted by Gasteiger charge is -2.19. The second kappa shape index (κ2) is 6.30. The van der Waals surface area contributed by atoms with E-state index in [1.54, 1.807) is 18.3 Å². The number of nitrogens with zero attached hydrogens (tertiary/aromatic N) is 1. The standard InChI is InChI=1S/C15H16ClNO4S/c1-9(2)13-7-17-15(21-13)8-22(18)14-6-12-11(5-10(14)16)19-3-4-20-12/h5-7,9H,3-4,8H2,1-2H3/t22-/m0/s1. The lowest BCUT2D eigenvalue weighted by Crippen LogP contribution is -2.15. The molecule has 1 atom stereocenters. The van der Waals surface area contributed by atoms with E-state index in [0.717, 1.165) is 5.76 Å². The molecule has 7 heteroatoms. The second-order valence-electron chi connectivity index (χ2n) is 5.23. The van der Waals surface area contributed by atoms with Gasteiger partial charge in [-0.2, -0.15) is 0 Å². The van der Waals surface area contributed by atoms with Crippen LogP contribution in [0.15, 0.2) is 27.6 Å². The summed E-state index contributed by atoms with van der Waals surface area (Å²) in [7, 11) is -1.37. The molecule has 0 bridgehead atoms. The van der Waals surface area contributed by atoms with Crippen molar-refractivity contribution in [3.63, 3.8) is 0 Å². The Kier molecular flexibility index (Phi) is 4.40. The third-order valence-corrected chi connectivity index (χ3v) is 5.00. The van der Waals surface area contributed by atoms with Crippen LogP contribution in [0.2, 0.25) is 5.02 Å². The average Bonchev–Trinajstić information content (AvgIpc) is 2.95. The first-order chi connectivity index (χ1) is 10.5. The number of ether oxygens (including phenoxy) is 2. The second-order valence-corrected chi connectivity index (χ2v) is 7.05. The van der Waals surface area contributed by atoms with E-state index in [4.69, 9.17) is 25.5 Å². The highest BCUT2D eigenvalue weighted by Gasteiger charge is 2.20. The Bertz CT molecular complexity index is 714. The fourth-order valence-electron chi connectivity index (χ4n) is 2.07. The summed E-state index contributed by atoms with van der Waals surface area (Å²) in [6, 6.07) is 3.30. The minimum absolute atomic E-state index is 0.173. The molecule has 3 rings (SSSR count). The van der Waals surface area contributed by atoms with E-state index in [0.29, 0.717) is 40.5 Å². The summed E-state index contributed by atoms with van der Waals surface area (Å²) < 4.78 is 29.1. The highest BCUT2D eigenvalue weighted by atomic mass is 35.5. The molecule has 0 fully saturated rings. The van der Waals surface area contributed by atoms with Crippen molar-refractivity contribution in [1.82, 2.24) is 4.98 Å². The zero-order valence-corrected chi connectivity index (χ0v) is 13.9. The molecule has 2 heterocycles. The van der Waals surface area contributed by atoms with Gasteiger partial charge in [-0.25, -0.2) is 4.98 Å². The lowest BCUT2D eigenvalue weighted by molar-refractivity contribution is 0.171. The molecule has 0 N–H and O–H groups in total. The van der Waals surface area contributed by atoms with E-state index in [1.807, 2.05) is 13.8 Å². The normalized spacial score (nSPS) is 15.1. The highest BCUT2D eigenvalue weighted by molar-refractivity contribution is 7.84. The first-order valence-electron chi connectivity index (χ1n) is 6.96. The van der Waals surface area contributed by atoms with Crippen molar-refractivity contribution in [3.05, 3.63) is 35.0 Å². The van der Waals surface area contributed by atoms with Gasteiger partial charge in [-0.1, -0.05) is 25.4 Å². The van der Waals surface area contributed by atoms with Gasteiger partial charge in [0.1, 0.15) is 24.7 Å². The highest BCUT2D eigenvalue weighted by Crippen LogP contribution is 2.37. The van der Waals surface area contributed by atoms with Crippen LogP contribution in [0.5, 0.6) is 11.5 Å². The van der Waals surface area contributed by atoms with Gasteiger partial charge in [-0.05, 0) is 0 Å². The van der Waals surface area contributed by atoms with Crippen LogP contribution < -0.4 is 9.47 Å². The van der Waals surface area contributed by atoms with Crippen LogP contribution in [-0.2, 0) is 16.6 Å². The van der Waals surface area contributed by atoms with E-state index in [2.05, 4.69) is 4.98 Å². The van der Waals surface area contributed by atoms with Crippen molar-refractivity contribution < 1.29 is 18.1 Å². The zero-order valence-electron chi connectivity index (χ0n) is 12.3. The van der Waals surface area contributed by atoms with Gasteiger partial charge in [0.2, 0.25) is 5.89 Å². The molecule has 0 radical (unpaired) electrons. The number of aromatic nitrogens is 1. The van der Waals surface area contributed by atoms with Crippen LogP contribution in [0.4, 0.5) is 0 Å². The Balaban J connectivity index is 1.82. The minimum Gasteiger partial charge on any atom is -0.486 e. The predicted octanol–water partition coefficient (Wildman–Crippen LogP) is 3.53. The molecule has 0 spiro atoms. The van der Waals surface area contributed by atoms with Crippen LogP contribution in [0.25, 0.3) is 0 Å².